The summed E-state index contributed by atoms with van der Waals surface area (Å²) >= 11 is 0. The minimum atomic E-state index is -2.87. The summed E-state index contributed by atoms with van der Waals surface area (Å²) < 4.78 is 23.0. The molecule has 1 aromatic rings. The van der Waals surface area contributed by atoms with Crippen molar-refractivity contribution in [1.29, 1.82) is 0 Å². The quantitative estimate of drug-likeness (QED) is 0.454. The highest BCUT2D eigenvalue weighted by Crippen LogP contribution is 2.18. The highest BCUT2D eigenvalue weighted by atomic mass is 127. The van der Waals surface area contributed by atoms with Crippen LogP contribution >= 0.6 is 24.0 Å². The summed E-state index contributed by atoms with van der Waals surface area (Å²) in [5, 5.41) is 2.98. The minimum Gasteiger partial charge on any atom is -0.370 e. The molecular weight excluding hydrogens is 389 g/mol. The van der Waals surface area contributed by atoms with Crippen LogP contribution in [0.2, 0.25) is 0 Å². The second kappa shape index (κ2) is 7.82. The van der Waals surface area contributed by atoms with Gasteiger partial charge in [0.15, 0.2) is 15.8 Å². The average molecular weight is 409 g/mol. The standard InChI is InChI=1S/C13H19N3O2S.HI/c14-13(16-12-6-2-1-3-7-12)15-9-11-5-4-8-19(17,18)10-11;/h1-3,6-7,11H,4-5,8-10H2,(H3,14,15,16);1H. The number of halogens is 1. The number of sulfone groups is 1. The van der Waals surface area contributed by atoms with Crippen molar-refractivity contribution >= 4 is 45.5 Å². The molecule has 3 N–H and O–H groups in total. The third kappa shape index (κ3) is 5.66. The number of nitrogens with zero attached hydrogens (tertiary/aromatic N) is 1. The van der Waals surface area contributed by atoms with E-state index in [1.165, 1.54) is 0 Å². The Bertz CT molecular complexity index is 546. The van der Waals surface area contributed by atoms with Gasteiger partial charge in [-0.3, -0.25) is 4.99 Å². The minimum absolute atomic E-state index is 0. The molecule has 0 bridgehead atoms. The van der Waals surface area contributed by atoms with Crippen LogP contribution in [0.4, 0.5) is 5.69 Å². The first kappa shape index (κ1) is 17.2. The van der Waals surface area contributed by atoms with Crippen LogP contribution in [0.15, 0.2) is 35.3 Å². The zero-order valence-corrected chi connectivity index (χ0v) is 14.3. The lowest BCUT2D eigenvalue weighted by Crippen LogP contribution is -2.29. The van der Waals surface area contributed by atoms with Crippen molar-refractivity contribution in [3.63, 3.8) is 0 Å². The van der Waals surface area contributed by atoms with E-state index in [9.17, 15) is 8.42 Å². The van der Waals surface area contributed by atoms with Crippen molar-refractivity contribution in [2.75, 3.05) is 23.4 Å². The average Bonchev–Trinajstić information content (AvgIpc) is 2.36. The largest absolute Gasteiger partial charge is 0.370 e. The van der Waals surface area contributed by atoms with E-state index in [1.54, 1.807) is 0 Å². The highest BCUT2D eigenvalue weighted by molar-refractivity contribution is 14.0. The van der Waals surface area contributed by atoms with Gasteiger partial charge in [-0.05, 0) is 30.9 Å². The molecule has 112 valence electrons. The monoisotopic (exact) mass is 409 g/mol. The maximum atomic E-state index is 11.5. The second-order valence-corrected chi connectivity index (χ2v) is 7.07. The highest BCUT2D eigenvalue weighted by Gasteiger charge is 2.24. The Morgan fingerprint density at radius 2 is 2.05 bits per heavy atom. The van der Waals surface area contributed by atoms with E-state index in [4.69, 9.17) is 5.73 Å². The van der Waals surface area contributed by atoms with E-state index in [0.717, 1.165) is 18.5 Å². The summed E-state index contributed by atoms with van der Waals surface area (Å²) in [6, 6.07) is 9.53. The van der Waals surface area contributed by atoms with E-state index < -0.39 is 9.84 Å². The summed E-state index contributed by atoms with van der Waals surface area (Å²) in [5.41, 5.74) is 6.65. The number of benzene rings is 1. The van der Waals surface area contributed by atoms with Crippen LogP contribution in [0, 0.1) is 5.92 Å². The number of rotatable bonds is 3. The van der Waals surface area contributed by atoms with Gasteiger partial charge in [0.05, 0.1) is 11.5 Å². The molecule has 1 heterocycles. The molecule has 0 saturated carbocycles. The lowest BCUT2D eigenvalue weighted by molar-refractivity contribution is 0.494. The SMILES string of the molecule is I.NC(=NCC1CCCS(=O)(=O)C1)Nc1ccccc1. The van der Waals surface area contributed by atoms with Gasteiger partial charge in [0, 0.05) is 12.2 Å². The van der Waals surface area contributed by atoms with Gasteiger partial charge in [0.1, 0.15) is 0 Å². The van der Waals surface area contributed by atoms with E-state index in [1.807, 2.05) is 30.3 Å². The maximum absolute atomic E-state index is 11.5. The molecule has 7 heteroatoms. The first-order valence-corrected chi connectivity index (χ1v) is 8.20. The molecule has 0 spiro atoms. The van der Waals surface area contributed by atoms with Crippen molar-refractivity contribution in [1.82, 2.24) is 0 Å². The molecule has 20 heavy (non-hydrogen) atoms. The Hall–Kier alpha value is -0.830. The molecule has 0 aromatic heterocycles. The Kier molecular flexibility index (Phi) is 6.74. The van der Waals surface area contributed by atoms with Gasteiger partial charge in [-0.25, -0.2) is 8.42 Å². The normalized spacial score (nSPS) is 21.8. The number of nitrogens with two attached hydrogens (primary N) is 1. The topological polar surface area (TPSA) is 84.5 Å². The smallest absolute Gasteiger partial charge is 0.193 e. The Labute approximate surface area is 137 Å². The van der Waals surface area contributed by atoms with Crippen LogP contribution in [-0.2, 0) is 9.84 Å². The number of nitrogens with one attached hydrogen (secondary N) is 1. The molecule has 2 rings (SSSR count). The van der Waals surface area contributed by atoms with Crippen LogP contribution in [0.3, 0.4) is 0 Å². The number of guanidine groups is 1. The molecule has 1 aromatic carbocycles. The molecular formula is C13H20IN3O2S. The van der Waals surface area contributed by atoms with Crippen molar-refractivity contribution in [2.45, 2.75) is 12.8 Å². The van der Waals surface area contributed by atoms with Gasteiger partial charge < -0.3 is 11.1 Å². The molecule has 1 fully saturated rings. The summed E-state index contributed by atoms with van der Waals surface area (Å²) in [4.78, 5) is 4.23. The van der Waals surface area contributed by atoms with Crippen molar-refractivity contribution < 1.29 is 8.42 Å². The van der Waals surface area contributed by atoms with Gasteiger partial charge in [0.2, 0.25) is 0 Å². The van der Waals surface area contributed by atoms with E-state index in [2.05, 4.69) is 10.3 Å². The van der Waals surface area contributed by atoms with Crippen molar-refractivity contribution in [3.8, 4) is 0 Å². The fourth-order valence-electron chi connectivity index (χ4n) is 2.20. The first-order valence-electron chi connectivity index (χ1n) is 6.37. The van der Waals surface area contributed by atoms with Crippen LogP contribution < -0.4 is 11.1 Å². The number of aliphatic imine (C=N–C) groups is 1. The van der Waals surface area contributed by atoms with Gasteiger partial charge in [-0.2, -0.15) is 0 Å². The summed E-state index contributed by atoms with van der Waals surface area (Å²) in [6.07, 6.45) is 1.63. The third-order valence-corrected chi connectivity index (χ3v) is 5.01. The molecule has 5 nitrogen and oxygen atoms in total. The van der Waals surface area contributed by atoms with Crippen LogP contribution in [0.5, 0.6) is 0 Å². The Morgan fingerprint density at radius 1 is 1.35 bits per heavy atom. The summed E-state index contributed by atoms with van der Waals surface area (Å²) in [5.74, 6) is 0.962. The molecule has 1 atom stereocenters. The van der Waals surface area contributed by atoms with E-state index in [-0.39, 0.29) is 35.6 Å². The molecule has 1 saturated heterocycles. The summed E-state index contributed by atoms with van der Waals surface area (Å²) in [7, 11) is -2.87. The number of anilines is 1. The third-order valence-electron chi connectivity index (χ3n) is 3.12. The molecule has 0 amide bonds. The number of para-hydroxylation sites is 1. The Morgan fingerprint density at radius 3 is 2.70 bits per heavy atom. The van der Waals surface area contributed by atoms with Gasteiger partial charge in [-0.1, -0.05) is 18.2 Å². The van der Waals surface area contributed by atoms with Gasteiger partial charge >= 0.3 is 0 Å². The fourth-order valence-corrected chi connectivity index (χ4v) is 3.96. The predicted molar refractivity (Wildman–Crippen MR) is 93.3 cm³/mol. The zero-order valence-electron chi connectivity index (χ0n) is 11.2. The molecule has 1 aliphatic rings. The predicted octanol–water partition coefficient (Wildman–Crippen LogP) is 1.86. The zero-order chi connectivity index (χ0) is 13.7. The number of hydrogen-bond donors (Lipinski definition) is 2. The van der Waals surface area contributed by atoms with Crippen molar-refractivity contribution in [3.05, 3.63) is 30.3 Å². The second-order valence-electron chi connectivity index (χ2n) is 4.84. The molecule has 0 aliphatic carbocycles. The van der Waals surface area contributed by atoms with Crippen LogP contribution in [0.25, 0.3) is 0 Å². The lowest BCUT2D eigenvalue weighted by Gasteiger charge is -2.20. The molecule has 1 unspecified atom stereocenters. The van der Waals surface area contributed by atoms with E-state index in [0.29, 0.717) is 18.3 Å². The van der Waals surface area contributed by atoms with Crippen LogP contribution in [0.1, 0.15) is 12.8 Å². The van der Waals surface area contributed by atoms with Gasteiger partial charge in [0.25, 0.3) is 0 Å². The van der Waals surface area contributed by atoms with Crippen LogP contribution in [-0.4, -0.2) is 32.4 Å². The number of hydrogen-bond acceptors (Lipinski definition) is 3. The summed E-state index contributed by atoms with van der Waals surface area (Å²) in [6.45, 7) is 0.463. The lowest BCUT2D eigenvalue weighted by atomic mass is 10.1. The molecule has 1 aliphatic heterocycles. The van der Waals surface area contributed by atoms with Gasteiger partial charge in [-0.15, -0.1) is 24.0 Å². The van der Waals surface area contributed by atoms with E-state index >= 15 is 0 Å². The van der Waals surface area contributed by atoms with Crippen molar-refractivity contribution in [2.24, 2.45) is 16.6 Å². The molecule has 0 radical (unpaired) electrons. The fraction of sp³-hybridized carbons (Fsp3) is 0.462. The maximum Gasteiger partial charge on any atom is 0.193 e. The first-order chi connectivity index (χ1) is 9.05. The Balaban J connectivity index is 0.00000200.